The molecule has 0 saturated heterocycles. The number of ether oxygens (including phenoxy) is 2. The molecular weight excluding hydrogens is 755 g/mol. The highest BCUT2D eigenvalue weighted by atomic mass is 31.2. The number of unbranched alkanes of at least 4 members (excludes halogenated alkanes) is 23. The lowest BCUT2D eigenvalue weighted by Crippen LogP contribution is -2.64. The molecule has 1 saturated carbocycles. The molecule has 1 aliphatic carbocycles. The van der Waals surface area contributed by atoms with Crippen molar-refractivity contribution >= 4 is 19.8 Å². The molecule has 0 aromatic carbocycles. The lowest BCUT2D eigenvalue weighted by Gasteiger charge is -2.41. The Labute approximate surface area is 343 Å². The van der Waals surface area contributed by atoms with E-state index in [-0.39, 0.29) is 12.8 Å². The quantitative estimate of drug-likeness (QED) is 0.0151. The molecule has 0 amide bonds. The number of phosphoric acid groups is 1. The van der Waals surface area contributed by atoms with Gasteiger partial charge in [0.25, 0.3) is 0 Å². The van der Waals surface area contributed by atoms with Crippen molar-refractivity contribution in [3.8, 4) is 0 Å². The first-order valence-electron chi connectivity index (χ1n) is 22.5. The highest BCUT2D eigenvalue weighted by Crippen LogP contribution is 2.47. The molecule has 0 radical (unpaired) electrons. The van der Waals surface area contributed by atoms with E-state index in [1.807, 2.05) is 0 Å². The third kappa shape index (κ3) is 27.1. The second-order valence-corrected chi connectivity index (χ2v) is 17.3. The highest BCUT2D eigenvalue weighted by molar-refractivity contribution is 7.47. The Balaban J connectivity index is 2.40. The lowest BCUT2D eigenvalue weighted by molar-refractivity contribution is -0.220. The summed E-state index contributed by atoms with van der Waals surface area (Å²) in [5.74, 6) is -1.10. The molecule has 0 aromatic rings. The average molecular weight is 837 g/mol. The Morgan fingerprint density at radius 2 is 0.895 bits per heavy atom. The van der Waals surface area contributed by atoms with Gasteiger partial charge in [0.2, 0.25) is 0 Å². The van der Waals surface area contributed by atoms with Crippen molar-refractivity contribution in [2.24, 2.45) is 0 Å². The molecule has 1 aliphatic rings. The van der Waals surface area contributed by atoms with Crippen LogP contribution in [0, 0.1) is 0 Å². The molecule has 13 nitrogen and oxygen atoms in total. The van der Waals surface area contributed by atoms with E-state index in [1.165, 1.54) is 109 Å². The number of hydrogen-bond acceptors (Lipinski definition) is 12. The number of allylic oxidation sites excluding steroid dienone is 2. The van der Waals surface area contributed by atoms with Crippen LogP contribution in [0.25, 0.3) is 0 Å². The molecule has 14 heteroatoms. The van der Waals surface area contributed by atoms with Gasteiger partial charge in [-0.15, -0.1) is 0 Å². The van der Waals surface area contributed by atoms with E-state index in [9.17, 15) is 44.6 Å². The van der Waals surface area contributed by atoms with Gasteiger partial charge in [-0.2, -0.15) is 0 Å². The van der Waals surface area contributed by atoms with Crippen LogP contribution in [-0.2, 0) is 32.7 Å². The number of phosphoric ester groups is 1. The predicted octanol–water partition coefficient (Wildman–Crippen LogP) is 8.28. The lowest BCUT2D eigenvalue weighted by atomic mass is 9.85. The third-order valence-electron chi connectivity index (χ3n) is 10.6. The van der Waals surface area contributed by atoms with E-state index in [1.54, 1.807) is 0 Å². The van der Waals surface area contributed by atoms with Crippen LogP contribution in [0.5, 0.6) is 0 Å². The molecule has 0 aliphatic heterocycles. The molecule has 1 fully saturated rings. The number of esters is 2. The van der Waals surface area contributed by atoms with Gasteiger partial charge in [0, 0.05) is 12.8 Å². The van der Waals surface area contributed by atoms with Gasteiger partial charge in [-0.25, -0.2) is 4.57 Å². The van der Waals surface area contributed by atoms with Crippen LogP contribution < -0.4 is 0 Å². The predicted molar refractivity (Wildman–Crippen MR) is 221 cm³/mol. The maximum absolute atomic E-state index is 12.8. The number of aliphatic hydroxyl groups is 5. The van der Waals surface area contributed by atoms with E-state index in [0.29, 0.717) is 12.8 Å². The highest BCUT2D eigenvalue weighted by Gasteiger charge is 2.51. The number of hydrogen-bond donors (Lipinski definition) is 6. The van der Waals surface area contributed by atoms with Crippen LogP contribution in [-0.4, -0.2) is 98.3 Å². The number of aliphatic hydroxyl groups excluding tert-OH is 5. The topological polar surface area (TPSA) is 210 Å². The van der Waals surface area contributed by atoms with E-state index < -0.39 is 75.7 Å². The summed E-state index contributed by atoms with van der Waals surface area (Å²) in [6.45, 7) is 3.26. The zero-order valence-electron chi connectivity index (χ0n) is 35.4. The Morgan fingerprint density at radius 3 is 1.33 bits per heavy atom. The third-order valence-corrected chi connectivity index (χ3v) is 11.6. The molecule has 0 spiro atoms. The number of rotatable bonds is 37. The van der Waals surface area contributed by atoms with Crippen LogP contribution in [0.1, 0.15) is 194 Å². The van der Waals surface area contributed by atoms with Gasteiger partial charge >= 0.3 is 19.8 Å². The largest absolute Gasteiger partial charge is 0.472 e. The summed E-state index contributed by atoms with van der Waals surface area (Å²) in [6, 6.07) is 0. The summed E-state index contributed by atoms with van der Waals surface area (Å²) < 4.78 is 33.4. The Bertz CT molecular complexity index is 1060. The first-order valence-corrected chi connectivity index (χ1v) is 24.0. The fraction of sp³-hybridized carbons (Fsp3) is 0.907. The minimum absolute atomic E-state index is 0.100. The van der Waals surface area contributed by atoms with E-state index in [0.717, 1.165) is 44.9 Å². The maximum atomic E-state index is 12.8. The maximum Gasteiger partial charge on any atom is 0.472 e. The van der Waals surface area contributed by atoms with Gasteiger partial charge in [0.15, 0.2) is 6.10 Å². The van der Waals surface area contributed by atoms with Crippen molar-refractivity contribution in [2.75, 3.05) is 13.2 Å². The summed E-state index contributed by atoms with van der Waals surface area (Å²) in [6.07, 6.45) is 21.5. The molecule has 6 N–H and O–H groups in total. The zero-order valence-corrected chi connectivity index (χ0v) is 36.3. The van der Waals surface area contributed by atoms with Gasteiger partial charge in [-0.3, -0.25) is 18.6 Å². The van der Waals surface area contributed by atoms with E-state index in [2.05, 4.69) is 26.0 Å². The first-order chi connectivity index (χ1) is 27.4. The van der Waals surface area contributed by atoms with E-state index >= 15 is 0 Å². The Kier molecular flexibility index (Phi) is 32.3. The first kappa shape index (κ1) is 53.6. The summed E-state index contributed by atoms with van der Waals surface area (Å²) in [5.41, 5.74) is 0. The summed E-state index contributed by atoms with van der Waals surface area (Å²) >= 11 is 0. The van der Waals surface area contributed by atoms with Crippen molar-refractivity contribution in [3.63, 3.8) is 0 Å². The van der Waals surface area contributed by atoms with Crippen molar-refractivity contribution in [2.45, 2.75) is 236 Å². The standard InChI is InChI=1S/C43H81O13P/c1-3-5-7-9-11-13-14-15-16-17-18-19-20-21-22-24-25-27-29-31-36(44)53-33-35(55-37(45)32-30-28-26-23-12-10-8-6-4-2)34-54-57(51,52)56-43-41(49)39(47)38(46)40(48)42(43)50/h15-16,35,38-43,46-50H,3-14,17-34H2,1-2H3,(H,51,52)/b16-15+/t35-,38?,39-,40?,41?,42?,43?/m0/s1. The van der Waals surface area contributed by atoms with E-state index in [4.69, 9.17) is 18.5 Å². The van der Waals surface area contributed by atoms with Crippen molar-refractivity contribution in [1.29, 1.82) is 0 Å². The second-order valence-electron chi connectivity index (χ2n) is 15.9. The van der Waals surface area contributed by atoms with Crippen LogP contribution in [0.15, 0.2) is 12.2 Å². The van der Waals surface area contributed by atoms with Crippen LogP contribution in [0.3, 0.4) is 0 Å². The molecule has 57 heavy (non-hydrogen) atoms. The van der Waals surface area contributed by atoms with Crippen molar-refractivity contribution < 1.29 is 63.1 Å². The Hall–Kier alpha value is -1.41. The van der Waals surface area contributed by atoms with Gasteiger partial charge in [-0.1, -0.05) is 154 Å². The SMILES string of the molecule is CCCCCCCC/C=C/CCCCCCCCCCCC(=O)OC[C@@H](COP(=O)(O)OC1C(O)C(O)C(O)[C@H](O)C1O)OC(=O)CCCCCCCCCCC. The van der Waals surface area contributed by atoms with Crippen LogP contribution in [0.2, 0.25) is 0 Å². The molecule has 8 atom stereocenters. The fourth-order valence-electron chi connectivity index (χ4n) is 6.93. The summed E-state index contributed by atoms with van der Waals surface area (Å²) in [5, 5.41) is 50.0. The zero-order chi connectivity index (χ0) is 42.2. The van der Waals surface area contributed by atoms with Gasteiger partial charge in [0.05, 0.1) is 6.61 Å². The molecule has 1 rings (SSSR count). The summed E-state index contributed by atoms with van der Waals surface area (Å²) in [7, 11) is -5.11. The molecule has 6 unspecified atom stereocenters. The Morgan fingerprint density at radius 1 is 0.526 bits per heavy atom. The fourth-order valence-corrected chi connectivity index (χ4v) is 7.90. The monoisotopic (exact) mass is 837 g/mol. The molecule has 336 valence electrons. The number of carbonyl (C=O) groups is 2. The van der Waals surface area contributed by atoms with Gasteiger partial charge in [0.1, 0.15) is 43.2 Å². The summed E-state index contributed by atoms with van der Waals surface area (Å²) in [4.78, 5) is 35.5. The van der Waals surface area contributed by atoms with Crippen molar-refractivity contribution in [1.82, 2.24) is 0 Å². The van der Waals surface area contributed by atoms with Crippen molar-refractivity contribution in [3.05, 3.63) is 12.2 Å². The minimum Gasteiger partial charge on any atom is -0.462 e. The van der Waals surface area contributed by atoms with Gasteiger partial charge < -0.3 is 39.9 Å². The molecule has 0 aromatic heterocycles. The molecular formula is C43H81O13P. The smallest absolute Gasteiger partial charge is 0.462 e. The van der Waals surface area contributed by atoms with Gasteiger partial charge in [-0.05, 0) is 38.5 Å². The molecule has 0 heterocycles. The average Bonchev–Trinajstić information content (AvgIpc) is 3.19. The minimum atomic E-state index is -5.11. The van der Waals surface area contributed by atoms with Crippen LogP contribution >= 0.6 is 7.82 Å². The van der Waals surface area contributed by atoms with Crippen LogP contribution in [0.4, 0.5) is 0 Å². The second kappa shape index (κ2) is 34.3. The number of carbonyl (C=O) groups excluding carboxylic acids is 2. The molecule has 0 bridgehead atoms. The normalized spacial score (nSPS) is 22.7.